The lowest BCUT2D eigenvalue weighted by atomic mass is 9.93. The molecule has 0 N–H and O–H groups in total. The highest BCUT2D eigenvalue weighted by Crippen LogP contribution is 2.16. The molecule has 0 aromatic heterocycles. The van der Waals surface area contributed by atoms with Crippen molar-refractivity contribution >= 4 is 11.8 Å². The quantitative estimate of drug-likeness (QED) is 0.438. The van der Waals surface area contributed by atoms with Gasteiger partial charge < -0.3 is 4.74 Å². The summed E-state index contributed by atoms with van der Waals surface area (Å²) < 4.78 is 4.87. The Balaban J connectivity index is 2.86. The van der Waals surface area contributed by atoms with Gasteiger partial charge in [-0.1, -0.05) is 30.3 Å². The molecule has 1 rings (SSSR count). The minimum atomic E-state index is -0.882. The Morgan fingerprint density at radius 3 is 2.56 bits per heavy atom. The molecule has 0 aliphatic heterocycles. The SMILES string of the molecule is CCOC(=O)[C@H](CCC#N)C(=O)c1ccccc1. The molecule has 18 heavy (non-hydrogen) atoms. The highest BCUT2D eigenvalue weighted by molar-refractivity contribution is 6.08. The summed E-state index contributed by atoms with van der Waals surface area (Å²) in [4.78, 5) is 23.9. The number of nitriles is 1. The van der Waals surface area contributed by atoms with Gasteiger partial charge in [0, 0.05) is 12.0 Å². The van der Waals surface area contributed by atoms with E-state index in [1.807, 2.05) is 6.07 Å². The van der Waals surface area contributed by atoms with Gasteiger partial charge in [0.1, 0.15) is 5.92 Å². The molecule has 0 saturated carbocycles. The Hall–Kier alpha value is -2.15. The summed E-state index contributed by atoms with van der Waals surface area (Å²) in [7, 11) is 0. The number of hydrogen-bond donors (Lipinski definition) is 0. The van der Waals surface area contributed by atoms with E-state index in [4.69, 9.17) is 10.00 Å². The molecule has 1 aromatic rings. The number of carbonyl (C=O) groups is 2. The first-order chi connectivity index (χ1) is 8.70. The maximum absolute atomic E-state index is 12.2. The smallest absolute Gasteiger partial charge is 0.316 e. The summed E-state index contributed by atoms with van der Waals surface area (Å²) in [6, 6.07) is 10.5. The Kier molecular flexibility index (Phi) is 5.59. The molecule has 0 amide bonds. The monoisotopic (exact) mass is 245 g/mol. The van der Waals surface area contributed by atoms with Crippen molar-refractivity contribution in [1.82, 2.24) is 0 Å². The zero-order chi connectivity index (χ0) is 13.4. The fraction of sp³-hybridized carbons (Fsp3) is 0.357. The topological polar surface area (TPSA) is 67.2 Å². The Bertz CT molecular complexity index is 448. The van der Waals surface area contributed by atoms with E-state index in [0.717, 1.165) is 0 Å². The molecular weight excluding hydrogens is 230 g/mol. The van der Waals surface area contributed by atoms with Crippen molar-refractivity contribution in [2.45, 2.75) is 19.8 Å². The first-order valence-electron chi connectivity index (χ1n) is 5.83. The first-order valence-corrected chi connectivity index (χ1v) is 5.83. The predicted octanol–water partition coefficient (Wildman–Crippen LogP) is 2.35. The van der Waals surface area contributed by atoms with Crippen LogP contribution in [0.3, 0.4) is 0 Å². The molecule has 0 spiro atoms. The van der Waals surface area contributed by atoms with E-state index < -0.39 is 11.9 Å². The fourth-order valence-corrected chi connectivity index (χ4v) is 1.61. The van der Waals surface area contributed by atoms with Crippen LogP contribution in [-0.2, 0) is 9.53 Å². The van der Waals surface area contributed by atoms with Gasteiger partial charge >= 0.3 is 5.97 Å². The van der Waals surface area contributed by atoms with Gasteiger partial charge in [-0.05, 0) is 13.3 Å². The van der Waals surface area contributed by atoms with Crippen LogP contribution < -0.4 is 0 Å². The average Bonchev–Trinajstić information content (AvgIpc) is 2.40. The number of rotatable bonds is 6. The van der Waals surface area contributed by atoms with E-state index in [2.05, 4.69) is 0 Å². The molecule has 0 radical (unpaired) electrons. The zero-order valence-corrected chi connectivity index (χ0v) is 10.3. The second-order valence-electron chi connectivity index (χ2n) is 3.73. The van der Waals surface area contributed by atoms with Gasteiger partial charge in [0.25, 0.3) is 0 Å². The second kappa shape index (κ2) is 7.23. The summed E-state index contributed by atoms with van der Waals surface area (Å²) >= 11 is 0. The van der Waals surface area contributed by atoms with Crippen molar-refractivity contribution in [3.63, 3.8) is 0 Å². The van der Waals surface area contributed by atoms with Crippen LogP contribution in [0.5, 0.6) is 0 Å². The van der Waals surface area contributed by atoms with Gasteiger partial charge in [0.2, 0.25) is 0 Å². The molecule has 1 atom stereocenters. The van der Waals surface area contributed by atoms with Crippen LogP contribution in [0.25, 0.3) is 0 Å². The summed E-state index contributed by atoms with van der Waals surface area (Å²) in [5.41, 5.74) is 0.466. The lowest BCUT2D eigenvalue weighted by Crippen LogP contribution is -2.26. The van der Waals surface area contributed by atoms with Crippen LogP contribution in [0, 0.1) is 17.2 Å². The Morgan fingerprint density at radius 2 is 2.00 bits per heavy atom. The highest BCUT2D eigenvalue weighted by atomic mass is 16.5. The van der Waals surface area contributed by atoms with E-state index in [-0.39, 0.29) is 25.2 Å². The number of nitrogens with zero attached hydrogens (tertiary/aromatic N) is 1. The van der Waals surface area contributed by atoms with Gasteiger partial charge in [-0.25, -0.2) is 0 Å². The Labute approximate surface area is 106 Å². The lowest BCUT2D eigenvalue weighted by molar-refractivity contribution is -0.146. The van der Waals surface area contributed by atoms with E-state index >= 15 is 0 Å². The maximum Gasteiger partial charge on any atom is 0.316 e. The number of ketones is 1. The predicted molar refractivity (Wildman–Crippen MR) is 65.7 cm³/mol. The van der Waals surface area contributed by atoms with Crippen molar-refractivity contribution in [3.8, 4) is 6.07 Å². The van der Waals surface area contributed by atoms with Crippen molar-refractivity contribution in [2.75, 3.05) is 6.61 Å². The largest absolute Gasteiger partial charge is 0.465 e. The van der Waals surface area contributed by atoms with E-state index in [1.54, 1.807) is 37.3 Å². The maximum atomic E-state index is 12.2. The standard InChI is InChI=1S/C14H15NO3/c1-2-18-14(17)12(9-6-10-15)13(16)11-7-4-3-5-8-11/h3-5,7-8,12H,2,6,9H2,1H3/t12-/m1/s1. The molecule has 0 saturated heterocycles. The van der Waals surface area contributed by atoms with Crippen LogP contribution >= 0.6 is 0 Å². The van der Waals surface area contributed by atoms with Crippen LogP contribution in [0.15, 0.2) is 30.3 Å². The number of hydrogen-bond acceptors (Lipinski definition) is 4. The molecule has 0 fully saturated rings. The molecule has 1 aromatic carbocycles. The van der Waals surface area contributed by atoms with E-state index in [9.17, 15) is 9.59 Å². The average molecular weight is 245 g/mol. The Morgan fingerprint density at radius 1 is 1.33 bits per heavy atom. The summed E-state index contributed by atoms with van der Waals surface area (Å²) in [6.45, 7) is 1.91. The van der Waals surface area contributed by atoms with E-state index in [0.29, 0.717) is 5.56 Å². The molecule has 0 heterocycles. The van der Waals surface area contributed by atoms with Crippen LogP contribution in [0.1, 0.15) is 30.1 Å². The summed E-state index contributed by atoms with van der Waals surface area (Å²) in [5, 5.41) is 8.57. The normalized spacial score (nSPS) is 11.3. The van der Waals surface area contributed by atoms with Crippen LogP contribution in [0.4, 0.5) is 0 Å². The summed E-state index contributed by atoms with van der Waals surface area (Å²) in [6.07, 6.45) is 0.352. The molecular formula is C14H15NO3. The van der Waals surface area contributed by atoms with Crippen molar-refractivity contribution in [3.05, 3.63) is 35.9 Å². The van der Waals surface area contributed by atoms with Crippen LogP contribution in [-0.4, -0.2) is 18.4 Å². The van der Waals surface area contributed by atoms with Gasteiger partial charge in [-0.2, -0.15) is 5.26 Å². The first kappa shape index (κ1) is 13.9. The number of ether oxygens (including phenoxy) is 1. The lowest BCUT2D eigenvalue weighted by Gasteiger charge is -2.13. The second-order valence-corrected chi connectivity index (χ2v) is 3.73. The van der Waals surface area contributed by atoms with Gasteiger partial charge in [-0.3, -0.25) is 9.59 Å². The van der Waals surface area contributed by atoms with Crippen LogP contribution in [0.2, 0.25) is 0 Å². The molecule has 0 aliphatic rings. The number of Topliss-reactive ketones (excluding diaryl/α,β-unsaturated/α-hetero) is 1. The van der Waals surface area contributed by atoms with Crippen molar-refractivity contribution in [2.24, 2.45) is 5.92 Å². The number of benzene rings is 1. The number of carbonyl (C=O) groups excluding carboxylic acids is 2. The van der Waals surface area contributed by atoms with Crippen molar-refractivity contribution in [1.29, 1.82) is 5.26 Å². The van der Waals surface area contributed by atoms with Gasteiger partial charge in [0.05, 0.1) is 12.7 Å². The van der Waals surface area contributed by atoms with Gasteiger partial charge in [-0.15, -0.1) is 0 Å². The van der Waals surface area contributed by atoms with Gasteiger partial charge in [0.15, 0.2) is 5.78 Å². The summed E-state index contributed by atoms with van der Waals surface area (Å²) in [5.74, 6) is -1.72. The third-order valence-electron chi connectivity index (χ3n) is 2.49. The fourth-order valence-electron chi connectivity index (χ4n) is 1.61. The van der Waals surface area contributed by atoms with Crippen molar-refractivity contribution < 1.29 is 14.3 Å². The molecule has 0 unspecified atom stereocenters. The molecule has 4 nitrogen and oxygen atoms in total. The zero-order valence-electron chi connectivity index (χ0n) is 10.3. The highest BCUT2D eigenvalue weighted by Gasteiger charge is 2.28. The molecule has 0 aliphatic carbocycles. The molecule has 4 heteroatoms. The third-order valence-corrected chi connectivity index (χ3v) is 2.49. The third kappa shape index (κ3) is 3.70. The molecule has 0 bridgehead atoms. The molecule has 94 valence electrons. The minimum absolute atomic E-state index is 0.155. The van der Waals surface area contributed by atoms with E-state index in [1.165, 1.54) is 0 Å². The minimum Gasteiger partial charge on any atom is -0.465 e. The number of esters is 1.